The third kappa shape index (κ3) is 4.53. The zero-order chi connectivity index (χ0) is 14.5. The fourth-order valence-corrected chi connectivity index (χ4v) is 2.51. The first-order chi connectivity index (χ1) is 8.86. The Kier molecular flexibility index (Phi) is 5.31. The Balaban J connectivity index is 2.81. The fourth-order valence-electron chi connectivity index (χ4n) is 1.29. The summed E-state index contributed by atoms with van der Waals surface area (Å²) in [7, 11) is -3.75. The molecule has 1 rings (SSSR count). The molecular weight excluding hydrogens is 268 g/mol. The zero-order valence-corrected chi connectivity index (χ0v) is 11.7. The summed E-state index contributed by atoms with van der Waals surface area (Å²) in [4.78, 5) is 10.9. The van der Waals surface area contributed by atoms with Crippen LogP contribution in [0.4, 0.5) is 0 Å². The number of sulfonamides is 1. The first-order valence-corrected chi connectivity index (χ1v) is 7.39. The standard InChI is InChI=1S/C12H18N2O4S/c1-3-8-18-10-4-6-11(7-5-10)19(16,17)14-9(2)12(13)15/h4-7,9,14H,3,8H2,1-2H3,(H2,13,15). The predicted octanol–water partition coefficient (Wildman–Crippen LogP) is 0.628. The van der Waals surface area contributed by atoms with E-state index in [1.54, 1.807) is 12.1 Å². The van der Waals surface area contributed by atoms with E-state index in [2.05, 4.69) is 4.72 Å². The molecule has 1 aromatic rings. The van der Waals surface area contributed by atoms with Crippen LogP contribution in [0, 0.1) is 0 Å². The van der Waals surface area contributed by atoms with Crippen molar-refractivity contribution >= 4 is 15.9 Å². The van der Waals surface area contributed by atoms with Crippen LogP contribution < -0.4 is 15.2 Å². The average molecular weight is 286 g/mol. The molecule has 0 spiro atoms. The van der Waals surface area contributed by atoms with E-state index in [1.807, 2.05) is 6.92 Å². The fraction of sp³-hybridized carbons (Fsp3) is 0.417. The zero-order valence-electron chi connectivity index (χ0n) is 10.9. The molecule has 19 heavy (non-hydrogen) atoms. The van der Waals surface area contributed by atoms with Gasteiger partial charge in [0.15, 0.2) is 0 Å². The summed E-state index contributed by atoms with van der Waals surface area (Å²) in [6, 6.07) is 5.02. The largest absolute Gasteiger partial charge is 0.494 e. The third-order valence-electron chi connectivity index (χ3n) is 2.37. The number of amides is 1. The minimum Gasteiger partial charge on any atom is -0.494 e. The molecule has 0 aliphatic rings. The lowest BCUT2D eigenvalue weighted by Crippen LogP contribution is -2.42. The summed E-state index contributed by atoms with van der Waals surface area (Å²) in [5.74, 6) is -0.129. The van der Waals surface area contributed by atoms with Crippen LogP contribution in [0.25, 0.3) is 0 Å². The average Bonchev–Trinajstić information content (AvgIpc) is 2.36. The number of ether oxygens (including phenoxy) is 1. The lowest BCUT2D eigenvalue weighted by Gasteiger charge is -2.11. The van der Waals surface area contributed by atoms with Crippen molar-refractivity contribution in [3.63, 3.8) is 0 Å². The van der Waals surface area contributed by atoms with Gasteiger partial charge in [-0.1, -0.05) is 6.92 Å². The third-order valence-corrected chi connectivity index (χ3v) is 3.92. The van der Waals surface area contributed by atoms with Gasteiger partial charge >= 0.3 is 0 Å². The summed E-state index contributed by atoms with van der Waals surface area (Å²) >= 11 is 0. The highest BCUT2D eigenvalue weighted by atomic mass is 32.2. The highest BCUT2D eigenvalue weighted by Crippen LogP contribution is 2.16. The van der Waals surface area contributed by atoms with Gasteiger partial charge < -0.3 is 10.5 Å². The van der Waals surface area contributed by atoms with Crippen LogP contribution in [0.5, 0.6) is 5.75 Å². The molecule has 0 radical (unpaired) electrons. The quantitative estimate of drug-likeness (QED) is 0.768. The van der Waals surface area contributed by atoms with E-state index in [0.29, 0.717) is 12.4 Å². The van der Waals surface area contributed by atoms with Crippen molar-refractivity contribution in [2.24, 2.45) is 5.73 Å². The maximum atomic E-state index is 11.9. The first kappa shape index (κ1) is 15.5. The summed E-state index contributed by atoms with van der Waals surface area (Å²) < 4.78 is 31.4. The summed E-state index contributed by atoms with van der Waals surface area (Å²) in [6.45, 7) is 3.94. The minimum absolute atomic E-state index is 0.0597. The smallest absolute Gasteiger partial charge is 0.241 e. The molecule has 0 aromatic heterocycles. The van der Waals surface area contributed by atoms with E-state index in [1.165, 1.54) is 19.1 Å². The number of nitrogens with two attached hydrogens (primary N) is 1. The molecule has 0 aliphatic carbocycles. The number of nitrogens with one attached hydrogen (secondary N) is 1. The number of carbonyl (C=O) groups excluding carboxylic acids is 1. The molecule has 7 heteroatoms. The van der Waals surface area contributed by atoms with Crippen molar-refractivity contribution in [1.82, 2.24) is 4.72 Å². The van der Waals surface area contributed by atoms with Gasteiger partial charge in [-0.3, -0.25) is 4.79 Å². The number of hydrogen-bond acceptors (Lipinski definition) is 4. The van der Waals surface area contributed by atoms with Gasteiger partial charge in [0.2, 0.25) is 15.9 Å². The second-order valence-electron chi connectivity index (χ2n) is 4.07. The van der Waals surface area contributed by atoms with E-state index < -0.39 is 22.0 Å². The van der Waals surface area contributed by atoms with Gasteiger partial charge in [-0.15, -0.1) is 0 Å². The van der Waals surface area contributed by atoms with Crippen LogP contribution >= 0.6 is 0 Å². The molecule has 0 aliphatic heterocycles. The van der Waals surface area contributed by atoms with E-state index >= 15 is 0 Å². The number of rotatable bonds is 7. The van der Waals surface area contributed by atoms with Gasteiger partial charge in [0.25, 0.3) is 0 Å². The van der Waals surface area contributed by atoms with Crippen LogP contribution in [-0.2, 0) is 14.8 Å². The molecule has 1 atom stereocenters. The maximum Gasteiger partial charge on any atom is 0.241 e. The van der Waals surface area contributed by atoms with E-state index in [-0.39, 0.29) is 4.90 Å². The van der Waals surface area contributed by atoms with E-state index in [9.17, 15) is 13.2 Å². The van der Waals surface area contributed by atoms with Crippen LogP contribution in [0.2, 0.25) is 0 Å². The van der Waals surface area contributed by atoms with Gasteiger partial charge in [-0.25, -0.2) is 8.42 Å². The molecule has 0 saturated heterocycles. The Labute approximate surface area is 113 Å². The Morgan fingerprint density at radius 3 is 2.42 bits per heavy atom. The van der Waals surface area contributed by atoms with E-state index in [4.69, 9.17) is 10.5 Å². The molecule has 0 saturated carbocycles. The first-order valence-electron chi connectivity index (χ1n) is 5.91. The highest BCUT2D eigenvalue weighted by molar-refractivity contribution is 7.89. The maximum absolute atomic E-state index is 11.9. The lowest BCUT2D eigenvalue weighted by atomic mass is 10.3. The summed E-state index contributed by atoms with van der Waals surface area (Å²) in [5.41, 5.74) is 5.01. The molecule has 0 fully saturated rings. The molecule has 1 aromatic carbocycles. The minimum atomic E-state index is -3.75. The van der Waals surface area contributed by atoms with Crippen molar-refractivity contribution in [2.45, 2.75) is 31.2 Å². The summed E-state index contributed by atoms with van der Waals surface area (Å²) in [6.07, 6.45) is 0.873. The van der Waals surface area contributed by atoms with Crippen molar-refractivity contribution in [3.8, 4) is 5.75 Å². The number of hydrogen-bond donors (Lipinski definition) is 2. The Morgan fingerprint density at radius 1 is 1.37 bits per heavy atom. The second-order valence-corrected chi connectivity index (χ2v) is 5.78. The van der Waals surface area contributed by atoms with Crippen LogP contribution in [0.3, 0.4) is 0 Å². The number of primary amides is 1. The van der Waals surface area contributed by atoms with Crippen molar-refractivity contribution in [3.05, 3.63) is 24.3 Å². The van der Waals surface area contributed by atoms with Gasteiger partial charge in [0.05, 0.1) is 17.5 Å². The highest BCUT2D eigenvalue weighted by Gasteiger charge is 2.20. The number of benzene rings is 1. The monoisotopic (exact) mass is 286 g/mol. The van der Waals surface area contributed by atoms with Crippen molar-refractivity contribution in [1.29, 1.82) is 0 Å². The van der Waals surface area contributed by atoms with Crippen molar-refractivity contribution in [2.75, 3.05) is 6.61 Å². The van der Waals surface area contributed by atoms with Crippen LogP contribution in [0.1, 0.15) is 20.3 Å². The SMILES string of the molecule is CCCOc1ccc(S(=O)(=O)NC(C)C(N)=O)cc1. The number of carbonyl (C=O) groups is 1. The topological polar surface area (TPSA) is 98.5 Å². The van der Waals surface area contributed by atoms with Crippen LogP contribution in [-0.4, -0.2) is 27.0 Å². The molecule has 1 unspecified atom stereocenters. The van der Waals surface area contributed by atoms with E-state index in [0.717, 1.165) is 6.42 Å². The van der Waals surface area contributed by atoms with Crippen molar-refractivity contribution < 1.29 is 17.9 Å². The van der Waals surface area contributed by atoms with Crippen LogP contribution in [0.15, 0.2) is 29.2 Å². The molecular formula is C12H18N2O4S. The van der Waals surface area contributed by atoms with Gasteiger partial charge in [-0.2, -0.15) is 4.72 Å². The molecule has 6 nitrogen and oxygen atoms in total. The van der Waals surface area contributed by atoms with Gasteiger partial charge in [0, 0.05) is 0 Å². The molecule has 1 amide bonds. The Hall–Kier alpha value is -1.60. The second kappa shape index (κ2) is 6.53. The molecule has 3 N–H and O–H groups in total. The lowest BCUT2D eigenvalue weighted by molar-refractivity contribution is -0.119. The predicted molar refractivity (Wildman–Crippen MR) is 71.2 cm³/mol. The normalized spacial score (nSPS) is 12.9. The van der Waals surface area contributed by atoms with Gasteiger partial charge in [0.1, 0.15) is 5.75 Å². The Morgan fingerprint density at radius 2 is 1.95 bits per heavy atom. The summed E-state index contributed by atoms with van der Waals surface area (Å²) in [5, 5.41) is 0. The van der Waals surface area contributed by atoms with Gasteiger partial charge in [-0.05, 0) is 37.6 Å². The molecule has 106 valence electrons. The molecule has 0 heterocycles. The Bertz CT molecular complexity index is 525. The molecule has 0 bridgehead atoms.